The second kappa shape index (κ2) is 5.19. The number of hydrogen-bond acceptors (Lipinski definition) is 3. The highest BCUT2D eigenvalue weighted by Crippen LogP contribution is 2.26. The van der Waals surface area contributed by atoms with Crippen LogP contribution in [0, 0.1) is 0 Å². The van der Waals surface area contributed by atoms with Gasteiger partial charge in [0.15, 0.2) is 0 Å². The van der Waals surface area contributed by atoms with Crippen molar-refractivity contribution in [3.63, 3.8) is 0 Å². The molecule has 0 aliphatic rings. The standard InChI is InChI=1S/C15H8Cl2O3/c16-10-6-11(17)8-12(7-10)19-15(18)14-5-9-3-1-2-4-13(9)20-14/h1-8H. The number of carbonyl (C=O) groups excluding carboxylic acids is 1. The van der Waals surface area contributed by atoms with Crippen molar-refractivity contribution in [2.24, 2.45) is 0 Å². The lowest BCUT2D eigenvalue weighted by Crippen LogP contribution is -2.07. The van der Waals surface area contributed by atoms with E-state index in [2.05, 4.69) is 0 Å². The number of carbonyl (C=O) groups is 1. The van der Waals surface area contributed by atoms with Gasteiger partial charge in [0.2, 0.25) is 5.76 Å². The van der Waals surface area contributed by atoms with Crippen LogP contribution in [-0.2, 0) is 0 Å². The van der Waals surface area contributed by atoms with Gasteiger partial charge < -0.3 is 9.15 Å². The number of fused-ring (bicyclic) bond motifs is 1. The fourth-order valence-electron chi connectivity index (χ4n) is 1.83. The summed E-state index contributed by atoms with van der Waals surface area (Å²) in [5.41, 5.74) is 0.628. The summed E-state index contributed by atoms with van der Waals surface area (Å²) in [5.74, 6) is -0.199. The average Bonchev–Trinajstić information content (AvgIpc) is 2.81. The van der Waals surface area contributed by atoms with Crippen LogP contribution in [0.1, 0.15) is 10.6 Å². The molecule has 1 aromatic heterocycles. The topological polar surface area (TPSA) is 39.4 Å². The molecular formula is C15H8Cl2O3. The van der Waals surface area contributed by atoms with E-state index in [1.807, 2.05) is 18.2 Å². The molecule has 2 aromatic carbocycles. The van der Waals surface area contributed by atoms with Crippen molar-refractivity contribution in [1.82, 2.24) is 0 Å². The molecule has 0 N–H and O–H groups in total. The maximum Gasteiger partial charge on any atom is 0.379 e. The summed E-state index contributed by atoms with van der Waals surface area (Å²) in [6.07, 6.45) is 0. The monoisotopic (exact) mass is 306 g/mol. The normalized spacial score (nSPS) is 10.7. The van der Waals surface area contributed by atoms with Gasteiger partial charge >= 0.3 is 5.97 Å². The van der Waals surface area contributed by atoms with Gasteiger partial charge in [-0.25, -0.2) is 4.79 Å². The molecule has 0 saturated heterocycles. The molecule has 3 nitrogen and oxygen atoms in total. The smallest absolute Gasteiger partial charge is 0.379 e. The highest BCUT2D eigenvalue weighted by Gasteiger charge is 2.15. The van der Waals surface area contributed by atoms with Crippen LogP contribution in [0.15, 0.2) is 52.9 Å². The third kappa shape index (κ3) is 2.64. The molecule has 3 rings (SSSR count). The van der Waals surface area contributed by atoms with Crippen LogP contribution in [0.3, 0.4) is 0 Å². The highest BCUT2D eigenvalue weighted by molar-refractivity contribution is 6.34. The highest BCUT2D eigenvalue weighted by atomic mass is 35.5. The predicted octanol–water partition coefficient (Wildman–Crippen LogP) is 4.96. The zero-order chi connectivity index (χ0) is 14.1. The lowest BCUT2D eigenvalue weighted by molar-refractivity contribution is 0.0704. The summed E-state index contributed by atoms with van der Waals surface area (Å²) in [6, 6.07) is 13.5. The third-order valence-electron chi connectivity index (χ3n) is 2.67. The Labute approximate surface area is 124 Å². The van der Waals surface area contributed by atoms with E-state index in [-0.39, 0.29) is 11.5 Å². The van der Waals surface area contributed by atoms with Crippen LogP contribution in [0.2, 0.25) is 10.0 Å². The van der Waals surface area contributed by atoms with Crippen molar-refractivity contribution in [3.8, 4) is 5.75 Å². The minimum atomic E-state index is -0.598. The van der Waals surface area contributed by atoms with E-state index in [1.165, 1.54) is 12.1 Å². The van der Waals surface area contributed by atoms with Crippen molar-refractivity contribution in [1.29, 1.82) is 0 Å². The number of para-hydroxylation sites is 1. The van der Waals surface area contributed by atoms with Gasteiger partial charge in [-0.1, -0.05) is 41.4 Å². The van der Waals surface area contributed by atoms with Crippen molar-refractivity contribution in [3.05, 3.63) is 64.3 Å². The number of ether oxygens (including phenoxy) is 1. The maximum absolute atomic E-state index is 12.0. The summed E-state index contributed by atoms with van der Waals surface area (Å²) in [6.45, 7) is 0. The molecule has 0 radical (unpaired) electrons. The molecular weight excluding hydrogens is 299 g/mol. The average molecular weight is 307 g/mol. The summed E-state index contributed by atoms with van der Waals surface area (Å²) in [7, 11) is 0. The molecule has 0 bridgehead atoms. The third-order valence-corrected chi connectivity index (χ3v) is 3.11. The van der Waals surface area contributed by atoms with Gasteiger partial charge in [-0.15, -0.1) is 0 Å². The van der Waals surface area contributed by atoms with Gasteiger partial charge in [-0.2, -0.15) is 0 Å². The number of benzene rings is 2. The Balaban J connectivity index is 1.88. The summed E-state index contributed by atoms with van der Waals surface area (Å²) >= 11 is 11.7. The molecule has 0 fully saturated rings. The van der Waals surface area contributed by atoms with E-state index in [1.54, 1.807) is 18.2 Å². The lowest BCUT2D eigenvalue weighted by atomic mass is 10.2. The molecule has 20 heavy (non-hydrogen) atoms. The molecule has 0 atom stereocenters. The lowest BCUT2D eigenvalue weighted by Gasteiger charge is -2.03. The van der Waals surface area contributed by atoms with E-state index in [0.29, 0.717) is 15.6 Å². The van der Waals surface area contributed by atoms with Crippen molar-refractivity contribution in [2.45, 2.75) is 0 Å². The van der Waals surface area contributed by atoms with E-state index in [0.717, 1.165) is 5.39 Å². The number of hydrogen-bond donors (Lipinski definition) is 0. The first-order valence-corrected chi connectivity index (χ1v) is 6.54. The van der Waals surface area contributed by atoms with Crippen LogP contribution >= 0.6 is 23.2 Å². The van der Waals surface area contributed by atoms with Gasteiger partial charge in [0, 0.05) is 15.4 Å². The minimum absolute atomic E-state index is 0.127. The van der Waals surface area contributed by atoms with E-state index in [4.69, 9.17) is 32.4 Å². The molecule has 0 unspecified atom stereocenters. The van der Waals surface area contributed by atoms with E-state index >= 15 is 0 Å². The summed E-state index contributed by atoms with van der Waals surface area (Å²) in [5, 5.41) is 1.62. The molecule has 0 amide bonds. The van der Waals surface area contributed by atoms with Crippen LogP contribution in [-0.4, -0.2) is 5.97 Å². The number of rotatable bonds is 2. The van der Waals surface area contributed by atoms with E-state index < -0.39 is 5.97 Å². The van der Waals surface area contributed by atoms with Gasteiger partial charge in [-0.05, 0) is 30.3 Å². The molecule has 0 aliphatic heterocycles. The Bertz CT molecular complexity index is 739. The molecule has 3 aromatic rings. The minimum Gasteiger partial charge on any atom is -0.449 e. The van der Waals surface area contributed by atoms with Gasteiger partial charge in [0.25, 0.3) is 0 Å². The summed E-state index contributed by atoms with van der Waals surface area (Å²) < 4.78 is 10.6. The molecule has 0 spiro atoms. The maximum atomic E-state index is 12.0. The number of esters is 1. The van der Waals surface area contributed by atoms with Crippen LogP contribution in [0.25, 0.3) is 11.0 Å². The first-order chi connectivity index (χ1) is 9.61. The molecule has 0 aliphatic carbocycles. The Kier molecular flexibility index (Phi) is 3.38. The molecule has 1 heterocycles. The summed E-state index contributed by atoms with van der Waals surface area (Å²) in [4.78, 5) is 12.0. The van der Waals surface area contributed by atoms with Gasteiger partial charge in [0.1, 0.15) is 11.3 Å². The predicted molar refractivity (Wildman–Crippen MR) is 77.6 cm³/mol. The quantitative estimate of drug-likeness (QED) is 0.496. The van der Waals surface area contributed by atoms with Crippen molar-refractivity contribution >= 4 is 40.1 Å². The van der Waals surface area contributed by atoms with E-state index in [9.17, 15) is 4.79 Å². The second-order valence-corrected chi connectivity index (χ2v) is 5.02. The Morgan fingerprint density at radius 3 is 2.40 bits per heavy atom. The SMILES string of the molecule is O=C(Oc1cc(Cl)cc(Cl)c1)c1cc2ccccc2o1. The molecule has 5 heteroatoms. The Hall–Kier alpha value is -1.97. The van der Waals surface area contributed by atoms with Crippen LogP contribution in [0.4, 0.5) is 0 Å². The van der Waals surface area contributed by atoms with Gasteiger partial charge in [0.05, 0.1) is 0 Å². The van der Waals surface area contributed by atoms with Crippen molar-refractivity contribution in [2.75, 3.05) is 0 Å². The van der Waals surface area contributed by atoms with Crippen LogP contribution < -0.4 is 4.74 Å². The van der Waals surface area contributed by atoms with Gasteiger partial charge in [-0.3, -0.25) is 0 Å². The fourth-order valence-corrected chi connectivity index (χ4v) is 2.33. The second-order valence-electron chi connectivity index (χ2n) is 4.14. The zero-order valence-electron chi connectivity index (χ0n) is 10.1. The Morgan fingerprint density at radius 2 is 1.70 bits per heavy atom. The fraction of sp³-hybridized carbons (Fsp3) is 0. The largest absolute Gasteiger partial charge is 0.449 e. The molecule has 0 saturated carbocycles. The zero-order valence-corrected chi connectivity index (χ0v) is 11.6. The molecule has 100 valence electrons. The number of furan rings is 1. The first kappa shape index (κ1) is 13.0. The first-order valence-electron chi connectivity index (χ1n) is 5.79. The Morgan fingerprint density at radius 1 is 1.00 bits per heavy atom. The van der Waals surface area contributed by atoms with Crippen LogP contribution in [0.5, 0.6) is 5.75 Å². The number of halogens is 2. The van der Waals surface area contributed by atoms with Crippen molar-refractivity contribution < 1.29 is 13.9 Å².